The van der Waals surface area contributed by atoms with Crippen LogP contribution in [0.4, 0.5) is 5.69 Å². The van der Waals surface area contributed by atoms with Gasteiger partial charge in [0.2, 0.25) is 0 Å². The molecule has 0 unspecified atom stereocenters. The van der Waals surface area contributed by atoms with Crippen LogP contribution in [0.2, 0.25) is 0 Å². The molecule has 1 aliphatic rings. The number of carbonyl (C=O) groups is 2. The van der Waals surface area contributed by atoms with Gasteiger partial charge in [0.05, 0.1) is 12.8 Å². The molecule has 0 fully saturated rings. The van der Waals surface area contributed by atoms with Crippen LogP contribution in [0.5, 0.6) is 17.2 Å². The van der Waals surface area contributed by atoms with Crippen molar-refractivity contribution in [1.82, 2.24) is 9.78 Å². The summed E-state index contributed by atoms with van der Waals surface area (Å²) >= 11 is 0. The van der Waals surface area contributed by atoms with Crippen molar-refractivity contribution >= 4 is 17.4 Å². The van der Waals surface area contributed by atoms with Crippen LogP contribution in [-0.2, 0) is 6.54 Å². The van der Waals surface area contributed by atoms with Gasteiger partial charge < -0.3 is 20.1 Å². The summed E-state index contributed by atoms with van der Waals surface area (Å²) in [5.74, 6) is 1.34. The van der Waals surface area contributed by atoms with Crippen molar-refractivity contribution in [3.8, 4) is 22.9 Å². The zero-order valence-electron chi connectivity index (χ0n) is 19.2. The van der Waals surface area contributed by atoms with E-state index in [0.29, 0.717) is 42.4 Å². The zero-order chi connectivity index (χ0) is 24.4. The lowest BCUT2D eigenvalue weighted by Gasteiger charge is -2.28. The number of ketones is 1. The van der Waals surface area contributed by atoms with Crippen LogP contribution in [0.15, 0.2) is 78.9 Å². The van der Waals surface area contributed by atoms with E-state index in [1.807, 2.05) is 59.5 Å². The summed E-state index contributed by atoms with van der Waals surface area (Å²) in [6.07, 6.45) is 0.308. The van der Waals surface area contributed by atoms with E-state index in [9.17, 15) is 9.59 Å². The standard InChI is InChI=1S/C27H24N4O4/c1-34-20-11-7-18(8-12-20)17-30-16-15-23(32)24-25(30)26(27(28)33)31(29-24)19-9-13-22(14-10-19)35-21-5-3-2-4-6-21/h2-14H,15-17H2,1H3,(H2,28,33). The second-order valence-corrected chi connectivity index (χ2v) is 8.17. The molecule has 1 aliphatic heterocycles. The zero-order valence-corrected chi connectivity index (χ0v) is 19.2. The van der Waals surface area contributed by atoms with Gasteiger partial charge in [-0.2, -0.15) is 5.10 Å². The van der Waals surface area contributed by atoms with E-state index in [2.05, 4.69) is 5.10 Å². The predicted octanol–water partition coefficient (Wildman–Crippen LogP) is 4.37. The number of hydrogen-bond donors (Lipinski definition) is 1. The number of ether oxygens (including phenoxy) is 2. The molecule has 176 valence electrons. The molecule has 5 rings (SSSR count). The molecule has 2 heterocycles. The van der Waals surface area contributed by atoms with Crippen LogP contribution in [-0.4, -0.2) is 35.1 Å². The van der Waals surface area contributed by atoms with Gasteiger partial charge in [-0.25, -0.2) is 4.68 Å². The quantitative estimate of drug-likeness (QED) is 0.433. The minimum Gasteiger partial charge on any atom is -0.497 e. The number of aromatic nitrogens is 2. The Hall–Kier alpha value is -4.59. The molecule has 8 nitrogen and oxygen atoms in total. The number of para-hydroxylation sites is 1. The first-order valence-electron chi connectivity index (χ1n) is 11.2. The van der Waals surface area contributed by atoms with Gasteiger partial charge in [-0.15, -0.1) is 0 Å². The van der Waals surface area contributed by atoms with Crippen LogP contribution in [0, 0.1) is 0 Å². The predicted molar refractivity (Wildman–Crippen MR) is 132 cm³/mol. The summed E-state index contributed by atoms with van der Waals surface area (Å²) in [6.45, 7) is 0.966. The molecule has 0 atom stereocenters. The lowest BCUT2D eigenvalue weighted by molar-refractivity contribution is 0.0973. The first kappa shape index (κ1) is 22.2. The summed E-state index contributed by atoms with van der Waals surface area (Å²) in [5.41, 5.74) is 8.32. The SMILES string of the molecule is COc1ccc(CN2CCC(=O)c3nn(-c4ccc(Oc5ccccc5)cc4)c(C(N)=O)c32)cc1. The van der Waals surface area contributed by atoms with Crippen molar-refractivity contribution in [3.63, 3.8) is 0 Å². The van der Waals surface area contributed by atoms with Gasteiger partial charge in [-0.05, 0) is 54.1 Å². The second-order valence-electron chi connectivity index (χ2n) is 8.17. The van der Waals surface area contributed by atoms with E-state index < -0.39 is 5.91 Å². The van der Waals surface area contributed by atoms with E-state index >= 15 is 0 Å². The number of amides is 1. The number of anilines is 1. The van der Waals surface area contributed by atoms with Gasteiger partial charge >= 0.3 is 0 Å². The smallest absolute Gasteiger partial charge is 0.269 e. The van der Waals surface area contributed by atoms with Gasteiger partial charge in [0.15, 0.2) is 17.2 Å². The van der Waals surface area contributed by atoms with E-state index in [1.165, 1.54) is 4.68 Å². The lowest BCUT2D eigenvalue weighted by atomic mass is 10.0. The largest absolute Gasteiger partial charge is 0.497 e. The van der Waals surface area contributed by atoms with Crippen molar-refractivity contribution in [3.05, 3.63) is 95.8 Å². The topological polar surface area (TPSA) is 99.7 Å². The van der Waals surface area contributed by atoms with Crippen molar-refractivity contribution in [2.45, 2.75) is 13.0 Å². The molecule has 0 aliphatic carbocycles. The van der Waals surface area contributed by atoms with E-state index in [0.717, 1.165) is 11.3 Å². The number of fused-ring (bicyclic) bond motifs is 1. The number of carbonyl (C=O) groups excluding carboxylic acids is 2. The highest BCUT2D eigenvalue weighted by Gasteiger charge is 2.34. The molecule has 2 N–H and O–H groups in total. The molecule has 35 heavy (non-hydrogen) atoms. The van der Waals surface area contributed by atoms with Crippen LogP contribution in [0.1, 0.15) is 33.0 Å². The van der Waals surface area contributed by atoms with E-state index in [4.69, 9.17) is 15.2 Å². The van der Waals surface area contributed by atoms with Crippen molar-refractivity contribution < 1.29 is 19.1 Å². The fraction of sp³-hybridized carbons (Fsp3) is 0.148. The van der Waals surface area contributed by atoms with Crippen LogP contribution >= 0.6 is 0 Å². The molecular formula is C27H24N4O4. The van der Waals surface area contributed by atoms with Crippen LogP contribution in [0.3, 0.4) is 0 Å². The number of hydrogen-bond acceptors (Lipinski definition) is 6. The number of nitrogens with zero attached hydrogens (tertiary/aromatic N) is 3. The molecule has 0 bridgehead atoms. The van der Waals surface area contributed by atoms with Gasteiger partial charge in [-0.3, -0.25) is 9.59 Å². The Morgan fingerprint density at radius 1 is 0.943 bits per heavy atom. The monoisotopic (exact) mass is 468 g/mol. The molecule has 1 aromatic heterocycles. The molecule has 0 radical (unpaired) electrons. The molecule has 0 spiro atoms. The third kappa shape index (κ3) is 4.46. The summed E-state index contributed by atoms with van der Waals surface area (Å²) in [4.78, 5) is 27.3. The fourth-order valence-electron chi connectivity index (χ4n) is 4.16. The van der Waals surface area contributed by atoms with Gasteiger partial charge in [0.25, 0.3) is 5.91 Å². The average Bonchev–Trinajstić information content (AvgIpc) is 3.29. The van der Waals surface area contributed by atoms with Crippen LogP contribution in [0.25, 0.3) is 5.69 Å². The lowest BCUT2D eigenvalue weighted by Crippen LogP contribution is -2.33. The van der Waals surface area contributed by atoms with Gasteiger partial charge in [-0.1, -0.05) is 30.3 Å². The summed E-state index contributed by atoms with van der Waals surface area (Å²) in [7, 11) is 1.62. The first-order valence-corrected chi connectivity index (χ1v) is 11.2. The number of primary amides is 1. The molecule has 8 heteroatoms. The Kier molecular flexibility index (Phi) is 5.93. The number of benzene rings is 3. The highest BCUT2D eigenvalue weighted by Crippen LogP contribution is 2.34. The van der Waals surface area contributed by atoms with Crippen molar-refractivity contribution in [1.29, 1.82) is 0 Å². The Balaban J connectivity index is 1.49. The van der Waals surface area contributed by atoms with Gasteiger partial charge in [0.1, 0.15) is 22.9 Å². The number of methoxy groups -OCH3 is 1. The Bertz CT molecular complexity index is 1360. The molecule has 0 saturated carbocycles. The molecule has 3 aromatic carbocycles. The maximum Gasteiger partial charge on any atom is 0.269 e. The fourth-order valence-corrected chi connectivity index (χ4v) is 4.16. The van der Waals surface area contributed by atoms with Gasteiger partial charge in [0, 0.05) is 19.5 Å². The normalized spacial score (nSPS) is 12.8. The molecular weight excluding hydrogens is 444 g/mol. The first-order chi connectivity index (χ1) is 17.0. The van der Waals surface area contributed by atoms with Crippen LogP contribution < -0.4 is 20.1 Å². The number of rotatable bonds is 7. The average molecular weight is 469 g/mol. The second kappa shape index (κ2) is 9.34. The third-order valence-corrected chi connectivity index (χ3v) is 5.88. The highest BCUT2D eigenvalue weighted by atomic mass is 16.5. The maximum atomic E-state index is 12.8. The van der Waals surface area contributed by atoms with E-state index in [-0.39, 0.29) is 17.2 Å². The minimum atomic E-state index is -0.655. The number of nitrogens with two attached hydrogens (primary N) is 1. The Morgan fingerprint density at radius 3 is 2.26 bits per heavy atom. The maximum absolute atomic E-state index is 12.8. The highest BCUT2D eigenvalue weighted by molar-refractivity contribution is 6.08. The number of Topliss-reactive ketones (excluding diaryl/α,β-unsaturated/α-hetero) is 1. The molecule has 0 saturated heterocycles. The molecule has 4 aromatic rings. The minimum absolute atomic E-state index is 0.115. The van der Waals surface area contributed by atoms with Crippen molar-refractivity contribution in [2.24, 2.45) is 5.73 Å². The summed E-state index contributed by atoms with van der Waals surface area (Å²) < 4.78 is 12.5. The third-order valence-electron chi connectivity index (χ3n) is 5.88. The van der Waals surface area contributed by atoms with E-state index in [1.54, 1.807) is 31.4 Å². The Morgan fingerprint density at radius 2 is 1.60 bits per heavy atom. The van der Waals surface area contributed by atoms with Crippen molar-refractivity contribution in [2.75, 3.05) is 18.6 Å². The summed E-state index contributed by atoms with van der Waals surface area (Å²) in [5, 5.41) is 4.52. The Labute approximate surface area is 202 Å². The summed E-state index contributed by atoms with van der Waals surface area (Å²) in [6, 6.07) is 24.2. The molecule has 1 amide bonds.